The summed E-state index contributed by atoms with van der Waals surface area (Å²) in [5.74, 6) is 0. The summed E-state index contributed by atoms with van der Waals surface area (Å²) in [5.41, 5.74) is 8.76. The normalized spacial score (nSPS) is 10.2. The SMILES string of the molecule is CCCCNc1cc(Br)cc(NSC)c1N. The van der Waals surface area contributed by atoms with Crippen LogP contribution in [0.3, 0.4) is 0 Å². The Kier molecular flexibility index (Phi) is 5.84. The molecule has 90 valence electrons. The van der Waals surface area contributed by atoms with Gasteiger partial charge in [-0.25, -0.2) is 0 Å². The van der Waals surface area contributed by atoms with Gasteiger partial charge in [-0.3, -0.25) is 0 Å². The van der Waals surface area contributed by atoms with Crippen molar-refractivity contribution in [1.29, 1.82) is 0 Å². The van der Waals surface area contributed by atoms with Gasteiger partial charge in [0.1, 0.15) is 0 Å². The molecule has 0 fully saturated rings. The Morgan fingerprint density at radius 2 is 2.06 bits per heavy atom. The lowest BCUT2D eigenvalue weighted by Gasteiger charge is -2.14. The first-order valence-electron chi connectivity index (χ1n) is 5.31. The van der Waals surface area contributed by atoms with Gasteiger partial charge in [0.05, 0.1) is 17.1 Å². The van der Waals surface area contributed by atoms with Crippen LogP contribution in [0, 0.1) is 0 Å². The van der Waals surface area contributed by atoms with E-state index in [1.165, 1.54) is 18.4 Å². The first kappa shape index (κ1) is 13.5. The molecule has 5 heteroatoms. The van der Waals surface area contributed by atoms with Crippen LogP contribution in [0.2, 0.25) is 0 Å². The Balaban J connectivity index is 2.81. The Morgan fingerprint density at radius 1 is 1.38 bits per heavy atom. The third-order valence-corrected chi connectivity index (χ3v) is 3.08. The van der Waals surface area contributed by atoms with Crippen molar-refractivity contribution in [1.82, 2.24) is 0 Å². The standard InChI is InChI=1S/C11H18BrN3S/c1-3-4-5-14-9-6-8(12)7-10(11(9)13)15-16-2/h6-7,14-15H,3-5,13H2,1-2H3. The van der Waals surface area contributed by atoms with Crippen LogP contribution < -0.4 is 15.8 Å². The van der Waals surface area contributed by atoms with E-state index in [1.807, 2.05) is 18.4 Å². The number of rotatable bonds is 6. The van der Waals surface area contributed by atoms with Gasteiger partial charge in [-0.1, -0.05) is 41.2 Å². The zero-order valence-corrected chi connectivity index (χ0v) is 12.0. The number of benzene rings is 1. The van der Waals surface area contributed by atoms with Crippen molar-refractivity contribution >= 4 is 44.9 Å². The Bertz CT molecular complexity index is 344. The van der Waals surface area contributed by atoms with Gasteiger partial charge in [-0.05, 0) is 18.6 Å². The summed E-state index contributed by atoms with van der Waals surface area (Å²) in [5, 5.41) is 3.35. The van der Waals surface area contributed by atoms with E-state index in [0.717, 1.165) is 34.5 Å². The summed E-state index contributed by atoms with van der Waals surface area (Å²) < 4.78 is 4.19. The fourth-order valence-electron chi connectivity index (χ4n) is 1.36. The molecule has 3 nitrogen and oxygen atoms in total. The van der Waals surface area contributed by atoms with Crippen LogP contribution in [-0.2, 0) is 0 Å². The number of nitrogens with one attached hydrogen (secondary N) is 2. The molecule has 0 aliphatic carbocycles. The maximum atomic E-state index is 6.06. The lowest BCUT2D eigenvalue weighted by Crippen LogP contribution is -2.05. The number of hydrogen-bond acceptors (Lipinski definition) is 4. The van der Waals surface area contributed by atoms with E-state index in [9.17, 15) is 0 Å². The molecule has 0 aromatic heterocycles. The fraction of sp³-hybridized carbons (Fsp3) is 0.455. The largest absolute Gasteiger partial charge is 0.395 e. The van der Waals surface area contributed by atoms with Crippen molar-refractivity contribution in [3.05, 3.63) is 16.6 Å². The molecule has 1 rings (SSSR count). The van der Waals surface area contributed by atoms with Gasteiger partial charge in [-0.2, -0.15) is 0 Å². The van der Waals surface area contributed by atoms with Gasteiger partial charge in [0.15, 0.2) is 0 Å². The van der Waals surface area contributed by atoms with Crippen molar-refractivity contribution < 1.29 is 0 Å². The molecule has 0 atom stereocenters. The molecule has 0 unspecified atom stereocenters. The Labute approximate surface area is 110 Å². The minimum Gasteiger partial charge on any atom is -0.395 e. The van der Waals surface area contributed by atoms with E-state index in [0.29, 0.717) is 0 Å². The maximum Gasteiger partial charge on any atom is 0.0794 e. The third-order valence-electron chi connectivity index (χ3n) is 2.20. The molecule has 4 N–H and O–H groups in total. The predicted octanol–water partition coefficient (Wildman–Crippen LogP) is 3.93. The Hall–Kier alpha value is -0.550. The molecule has 0 saturated heterocycles. The summed E-state index contributed by atoms with van der Waals surface area (Å²) >= 11 is 5.02. The van der Waals surface area contributed by atoms with E-state index in [2.05, 4.69) is 32.9 Å². The van der Waals surface area contributed by atoms with Crippen LogP contribution >= 0.6 is 27.9 Å². The van der Waals surface area contributed by atoms with Crippen LogP contribution in [0.25, 0.3) is 0 Å². The van der Waals surface area contributed by atoms with Gasteiger partial charge < -0.3 is 15.8 Å². The molecule has 0 aliphatic heterocycles. The van der Waals surface area contributed by atoms with Crippen LogP contribution in [0.5, 0.6) is 0 Å². The highest BCUT2D eigenvalue weighted by atomic mass is 79.9. The average molecular weight is 304 g/mol. The molecule has 0 saturated carbocycles. The monoisotopic (exact) mass is 303 g/mol. The second kappa shape index (κ2) is 6.91. The first-order chi connectivity index (χ1) is 7.69. The molecular formula is C11H18BrN3S. The van der Waals surface area contributed by atoms with Crippen molar-refractivity contribution in [2.75, 3.05) is 28.6 Å². The van der Waals surface area contributed by atoms with E-state index in [4.69, 9.17) is 5.73 Å². The van der Waals surface area contributed by atoms with Gasteiger partial charge in [0, 0.05) is 17.3 Å². The molecule has 16 heavy (non-hydrogen) atoms. The first-order valence-corrected chi connectivity index (χ1v) is 7.32. The highest BCUT2D eigenvalue weighted by molar-refractivity contribution is 9.10. The second-order valence-corrected chi connectivity index (χ2v) is 5.03. The van der Waals surface area contributed by atoms with E-state index in [1.54, 1.807) is 0 Å². The number of nitrogens with two attached hydrogens (primary N) is 1. The molecular weight excluding hydrogens is 286 g/mol. The summed E-state index contributed by atoms with van der Waals surface area (Å²) in [4.78, 5) is 0. The maximum absolute atomic E-state index is 6.06. The van der Waals surface area contributed by atoms with Crippen molar-refractivity contribution in [3.8, 4) is 0 Å². The molecule has 0 amide bonds. The summed E-state index contributed by atoms with van der Waals surface area (Å²) in [6.07, 6.45) is 4.30. The molecule has 0 aliphatic rings. The topological polar surface area (TPSA) is 50.1 Å². The highest BCUT2D eigenvalue weighted by Gasteiger charge is 2.06. The summed E-state index contributed by atoms with van der Waals surface area (Å²) in [6.45, 7) is 3.13. The van der Waals surface area contributed by atoms with Gasteiger partial charge in [0.2, 0.25) is 0 Å². The van der Waals surface area contributed by atoms with Crippen molar-refractivity contribution in [2.24, 2.45) is 0 Å². The zero-order valence-electron chi connectivity index (χ0n) is 9.64. The van der Waals surface area contributed by atoms with Crippen LogP contribution in [0.1, 0.15) is 19.8 Å². The van der Waals surface area contributed by atoms with Crippen molar-refractivity contribution in [3.63, 3.8) is 0 Å². The highest BCUT2D eigenvalue weighted by Crippen LogP contribution is 2.33. The van der Waals surface area contributed by atoms with Crippen LogP contribution in [0.15, 0.2) is 16.6 Å². The smallest absolute Gasteiger partial charge is 0.0794 e. The van der Waals surface area contributed by atoms with Gasteiger partial charge >= 0.3 is 0 Å². The average Bonchev–Trinajstić information content (AvgIpc) is 2.25. The van der Waals surface area contributed by atoms with Crippen LogP contribution in [-0.4, -0.2) is 12.8 Å². The lowest BCUT2D eigenvalue weighted by molar-refractivity contribution is 0.834. The number of halogens is 1. The molecule has 0 bridgehead atoms. The molecule has 1 aromatic carbocycles. The Morgan fingerprint density at radius 3 is 2.69 bits per heavy atom. The lowest BCUT2D eigenvalue weighted by atomic mass is 10.2. The summed E-state index contributed by atoms with van der Waals surface area (Å²) in [6, 6.07) is 3.99. The van der Waals surface area contributed by atoms with E-state index < -0.39 is 0 Å². The third kappa shape index (κ3) is 3.79. The predicted molar refractivity (Wildman–Crippen MR) is 79.1 cm³/mol. The van der Waals surface area contributed by atoms with Crippen molar-refractivity contribution in [2.45, 2.75) is 19.8 Å². The van der Waals surface area contributed by atoms with Gasteiger partial charge in [-0.15, -0.1) is 0 Å². The van der Waals surface area contributed by atoms with E-state index >= 15 is 0 Å². The molecule has 0 radical (unpaired) electrons. The molecule has 0 heterocycles. The van der Waals surface area contributed by atoms with Crippen LogP contribution in [0.4, 0.5) is 17.1 Å². The zero-order chi connectivity index (χ0) is 12.0. The number of anilines is 3. The minimum atomic E-state index is 0.772. The summed E-state index contributed by atoms with van der Waals surface area (Å²) in [7, 11) is 0. The second-order valence-electron chi connectivity index (χ2n) is 3.50. The van der Waals surface area contributed by atoms with E-state index in [-0.39, 0.29) is 0 Å². The molecule has 1 aromatic rings. The number of unbranched alkanes of at least 4 members (excludes halogenated alkanes) is 1. The number of nitrogen functional groups attached to an aromatic ring is 1. The minimum absolute atomic E-state index is 0.772. The molecule has 0 spiro atoms. The fourth-order valence-corrected chi connectivity index (χ4v) is 2.21. The number of hydrogen-bond donors (Lipinski definition) is 3. The quantitative estimate of drug-likeness (QED) is 0.423. The van der Waals surface area contributed by atoms with Gasteiger partial charge in [0.25, 0.3) is 0 Å².